The van der Waals surface area contributed by atoms with E-state index in [1.54, 1.807) is 0 Å². The molecule has 0 bridgehead atoms. The normalized spacial score (nSPS) is 45.0. The van der Waals surface area contributed by atoms with E-state index in [1.165, 1.54) is 0 Å². The monoisotopic (exact) mass is 132 g/mol. The van der Waals surface area contributed by atoms with Crippen LogP contribution in [-0.2, 0) is 4.74 Å². The van der Waals surface area contributed by atoms with Gasteiger partial charge in [0.1, 0.15) is 6.17 Å². The van der Waals surface area contributed by atoms with Crippen LogP contribution in [0.5, 0.6) is 0 Å². The summed E-state index contributed by atoms with van der Waals surface area (Å²) in [6, 6.07) is 0. The molecule has 0 amide bonds. The molecule has 3 atom stereocenters. The lowest BCUT2D eigenvalue weighted by Gasteiger charge is -2.27. The van der Waals surface area contributed by atoms with Gasteiger partial charge in [0.15, 0.2) is 0 Å². The van der Waals surface area contributed by atoms with Gasteiger partial charge in [-0.3, -0.25) is 0 Å². The van der Waals surface area contributed by atoms with E-state index < -0.39 is 6.17 Å². The first-order valence-corrected chi connectivity index (χ1v) is 3.48. The maximum absolute atomic E-state index is 12.6. The lowest BCUT2D eigenvalue weighted by molar-refractivity contribution is -0.0585. The van der Waals surface area contributed by atoms with E-state index in [0.29, 0.717) is 12.8 Å². The second-order valence-corrected chi connectivity index (χ2v) is 2.83. The van der Waals surface area contributed by atoms with E-state index in [1.807, 2.05) is 13.8 Å². The molecule has 9 heavy (non-hydrogen) atoms. The van der Waals surface area contributed by atoms with Crippen molar-refractivity contribution in [2.45, 2.75) is 45.1 Å². The molecule has 0 aromatic carbocycles. The van der Waals surface area contributed by atoms with Crippen LogP contribution in [0.4, 0.5) is 4.39 Å². The van der Waals surface area contributed by atoms with Crippen molar-refractivity contribution in [1.29, 1.82) is 0 Å². The van der Waals surface area contributed by atoms with Crippen molar-refractivity contribution in [3.8, 4) is 0 Å². The average Bonchev–Trinajstić information content (AvgIpc) is 1.59. The van der Waals surface area contributed by atoms with Gasteiger partial charge in [-0.05, 0) is 13.8 Å². The molecule has 1 aliphatic heterocycles. The standard InChI is InChI=1S/C7H13FO/c1-5-3-7(8)4-6(2)9-5/h5-7H,3-4H2,1-2H3/t5-,6+,7?. The Hall–Kier alpha value is -0.110. The topological polar surface area (TPSA) is 9.23 Å². The third kappa shape index (κ3) is 1.94. The summed E-state index contributed by atoms with van der Waals surface area (Å²) in [4.78, 5) is 0. The van der Waals surface area contributed by atoms with Crippen LogP contribution >= 0.6 is 0 Å². The van der Waals surface area contributed by atoms with Gasteiger partial charge < -0.3 is 4.74 Å². The predicted octanol–water partition coefficient (Wildman–Crippen LogP) is 1.91. The molecule has 1 rings (SSSR count). The van der Waals surface area contributed by atoms with Gasteiger partial charge in [-0.2, -0.15) is 0 Å². The predicted molar refractivity (Wildman–Crippen MR) is 34.1 cm³/mol. The number of hydrogen-bond donors (Lipinski definition) is 0. The summed E-state index contributed by atoms with van der Waals surface area (Å²) in [7, 11) is 0. The van der Waals surface area contributed by atoms with E-state index >= 15 is 0 Å². The largest absolute Gasteiger partial charge is 0.375 e. The third-order valence-electron chi connectivity index (χ3n) is 1.64. The molecule has 54 valence electrons. The van der Waals surface area contributed by atoms with Crippen LogP contribution in [0, 0.1) is 0 Å². The van der Waals surface area contributed by atoms with Gasteiger partial charge in [0.05, 0.1) is 12.2 Å². The highest BCUT2D eigenvalue weighted by molar-refractivity contribution is 4.71. The van der Waals surface area contributed by atoms with E-state index in [2.05, 4.69) is 0 Å². The maximum Gasteiger partial charge on any atom is 0.105 e. The van der Waals surface area contributed by atoms with Crippen LogP contribution in [0.15, 0.2) is 0 Å². The first-order valence-electron chi connectivity index (χ1n) is 3.48. The SMILES string of the molecule is C[C@@H]1CC(F)C[C@H](C)O1. The molecule has 1 nitrogen and oxygen atoms in total. The van der Waals surface area contributed by atoms with Crippen LogP contribution < -0.4 is 0 Å². The van der Waals surface area contributed by atoms with E-state index in [0.717, 1.165) is 0 Å². The lowest BCUT2D eigenvalue weighted by Crippen LogP contribution is -2.29. The lowest BCUT2D eigenvalue weighted by atomic mass is 10.0. The zero-order chi connectivity index (χ0) is 6.85. The van der Waals surface area contributed by atoms with Crippen molar-refractivity contribution in [3.63, 3.8) is 0 Å². The molecule has 0 aliphatic carbocycles. The number of ether oxygens (including phenoxy) is 1. The first-order chi connectivity index (χ1) is 4.18. The number of hydrogen-bond acceptors (Lipinski definition) is 1. The van der Waals surface area contributed by atoms with Gasteiger partial charge in [-0.15, -0.1) is 0 Å². The molecule has 0 aromatic rings. The number of halogens is 1. The molecule has 1 aliphatic rings. The molecule has 0 aromatic heterocycles. The van der Waals surface area contributed by atoms with Gasteiger partial charge in [0, 0.05) is 12.8 Å². The summed E-state index contributed by atoms with van der Waals surface area (Å²) < 4.78 is 17.9. The summed E-state index contributed by atoms with van der Waals surface area (Å²) in [5, 5.41) is 0. The Bertz CT molecular complexity index is 69.9. The Balaban J connectivity index is 2.34. The summed E-state index contributed by atoms with van der Waals surface area (Å²) in [6.07, 6.45) is 0.741. The van der Waals surface area contributed by atoms with E-state index in [-0.39, 0.29) is 12.2 Å². The molecular formula is C7H13FO. The Kier molecular flexibility index (Phi) is 2.06. The highest BCUT2D eigenvalue weighted by Gasteiger charge is 2.23. The summed E-state index contributed by atoms with van der Waals surface area (Å²) in [5.74, 6) is 0. The minimum atomic E-state index is -0.635. The van der Waals surface area contributed by atoms with Crippen molar-refractivity contribution >= 4 is 0 Å². The van der Waals surface area contributed by atoms with Gasteiger partial charge in [0.25, 0.3) is 0 Å². The minimum Gasteiger partial charge on any atom is -0.375 e. The van der Waals surface area contributed by atoms with E-state index in [4.69, 9.17) is 4.74 Å². The molecule has 1 heterocycles. The van der Waals surface area contributed by atoms with Crippen LogP contribution in [0.25, 0.3) is 0 Å². The van der Waals surface area contributed by atoms with Crippen LogP contribution in [0.2, 0.25) is 0 Å². The summed E-state index contributed by atoms with van der Waals surface area (Å²) in [6.45, 7) is 3.84. The minimum absolute atomic E-state index is 0.115. The molecule has 1 saturated heterocycles. The molecule has 0 spiro atoms. The summed E-state index contributed by atoms with van der Waals surface area (Å²) in [5.41, 5.74) is 0. The molecule has 0 saturated carbocycles. The zero-order valence-corrected chi connectivity index (χ0v) is 5.93. The second kappa shape index (κ2) is 2.65. The molecule has 0 N–H and O–H groups in total. The van der Waals surface area contributed by atoms with Gasteiger partial charge in [0.2, 0.25) is 0 Å². The molecule has 1 fully saturated rings. The average molecular weight is 132 g/mol. The van der Waals surface area contributed by atoms with Crippen LogP contribution in [-0.4, -0.2) is 18.4 Å². The zero-order valence-electron chi connectivity index (χ0n) is 5.93. The van der Waals surface area contributed by atoms with Gasteiger partial charge in [-0.1, -0.05) is 0 Å². The van der Waals surface area contributed by atoms with Crippen molar-refractivity contribution in [3.05, 3.63) is 0 Å². The highest BCUT2D eigenvalue weighted by Crippen LogP contribution is 2.20. The van der Waals surface area contributed by atoms with Crippen molar-refractivity contribution in [2.75, 3.05) is 0 Å². The molecule has 0 radical (unpaired) electrons. The smallest absolute Gasteiger partial charge is 0.105 e. The molecule has 1 unspecified atom stereocenters. The van der Waals surface area contributed by atoms with Gasteiger partial charge in [-0.25, -0.2) is 4.39 Å². The fraction of sp³-hybridized carbons (Fsp3) is 1.00. The van der Waals surface area contributed by atoms with Crippen molar-refractivity contribution < 1.29 is 9.13 Å². The van der Waals surface area contributed by atoms with Crippen LogP contribution in [0.1, 0.15) is 26.7 Å². The maximum atomic E-state index is 12.6. The fourth-order valence-electron chi connectivity index (χ4n) is 1.32. The quantitative estimate of drug-likeness (QED) is 0.489. The van der Waals surface area contributed by atoms with Gasteiger partial charge >= 0.3 is 0 Å². The second-order valence-electron chi connectivity index (χ2n) is 2.83. The number of alkyl halides is 1. The Morgan fingerprint density at radius 2 is 1.67 bits per heavy atom. The Labute approximate surface area is 55.2 Å². The number of rotatable bonds is 0. The Morgan fingerprint density at radius 3 is 2.00 bits per heavy atom. The van der Waals surface area contributed by atoms with Crippen LogP contribution in [0.3, 0.4) is 0 Å². The van der Waals surface area contributed by atoms with Crippen molar-refractivity contribution in [2.24, 2.45) is 0 Å². The third-order valence-corrected chi connectivity index (χ3v) is 1.64. The molecular weight excluding hydrogens is 119 g/mol. The molecule has 2 heteroatoms. The van der Waals surface area contributed by atoms with E-state index in [9.17, 15) is 4.39 Å². The van der Waals surface area contributed by atoms with Crippen molar-refractivity contribution in [1.82, 2.24) is 0 Å². The fourth-order valence-corrected chi connectivity index (χ4v) is 1.32. The highest BCUT2D eigenvalue weighted by atomic mass is 19.1. The summed E-state index contributed by atoms with van der Waals surface area (Å²) >= 11 is 0. The first kappa shape index (κ1) is 7.00. The Morgan fingerprint density at radius 1 is 1.22 bits per heavy atom.